The number of rotatable bonds is 2. The van der Waals surface area contributed by atoms with E-state index in [9.17, 15) is 9.90 Å². The van der Waals surface area contributed by atoms with Gasteiger partial charge in [-0.1, -0.05) is 17.7 Å². The Morgan fingerprint density at radius 1 is 1.19 bits per heavy atom. The zero-order valence-electron chi connectivity index (χ0n) is 11.7. The fourth-order valence-electron chi connectivity index (χ4n) is 2.24. The highest BCUT2D eigenvalue weighted by Gasteiger charge is 2.27. The minimum atomic E-state index is -0.138. The normalized spacial score (nSPS) is 15.0. The van der Waals surface area contributed by atoms with Gasteiger partial charge in [0.2, 0.25) is 5.78 Å². The predicted octanol–water partition coefficient (Wildman–Crippen LogP) is 3.33. The van der Waals surface area contributed by atoms with Crippen LogP contribution < -0.4 is 9.47 Å². The number of carbonyl (C=O) groups is 1. The molecule has 21 heavy (non-hydrogen) atoms. The smallest absolute Gasteiger partial charge is 0.231 e. The molecule has 4 nitrogen and oxygen atoms in total. The lowest BCUT2D eigenvalue weighted by Gasteiger charge is -2.04. The van der Waals surface area contributed by atoms with Crippen LogP contribution in [0.25, 0.3) is 6.08 Å². The van der Waals surface area contributed by atoms with Crippen molar-refractivity contribution in [1.29, 1.82) is 0 Å². The molecule has 0 unspecified atom stereocenters. The summed E-state index contributed by atoms with van der Waals surface area (Å²) in [5.41, 5.74) is 2.31. The number of ether oxygens (including phenoxy) is 2. The van der Waals surface area contributed by atoms with Crippen molar-refractivity contribution in [3.8, 4) is 17.2 Å². The Balaban J connectivity index is 1.97. The van der Waals surface area contributed by atoms with E-state index >= 15 is 0 Å². The number of benzene rings is 2. The third kappa shape index (κ3) is 2.36. The molecule has 1 aliphatic rings. The molecule has 0 saturated carbocycles. The van der Waals surface area contributed by atoms with Gasteiger partial charge >= 0.3 is 0 Å². The average molecular weight is 282 g/mol. The summed E-state index contributed by atoms with van der Waals surface area (Å²) >= 11 is 0. The van der Waals surface area contributed by atoms with Gasteiger partial charge in [0, 0.05) is 0 Å². The molecular weight excluding hydrogens is 268 g/mol. The topological polar surface area (TPSA) is 55.8 Å². The third-order valence-corrected chi connectivity index (χ3v) is 3.32. The number of allylic oxidation sites excluding steroid dienone is 1. The summed E-state index contributed by atoms with van der Waals surface area (Å²) in [6.45, 7) is 1.93. The first-order valence-corrected chi connectivity index (χ1v) is 6.50. The summed E-state index contributed by atoms with van der Waals surface area (Å²) in [5, 5.41) is 9.58. The molecule has 1 aliphatic heterocycles. The van der Waals surface area contributed by atoms with Crippen LogP contribution in [0.5, 0.6) is 17.2 Å². The number of hydrogen-bond donors (Lipinski definition) is 1. The SMILES string of the molecule is COc1cc(/C=C2\Oc3ccc(C)cc3C2=O)ccc1O. The molecule has 106 valence electrons. The summed E-state index contributed by atoms with van der Waals surface area (Å²) in [7, 11) is 1.47. The van der Waals surface area contributed by atoms with Gasteiger partial charge in [0.05, 0.1) is 12.7 Å². The molecule has 0 saturated heterocycles. The fraction of sp³-hybridized carbons (Fsp3) is 0.118. The summed E-state index contributed by atoms with van der Waals surface area (Å²) in [4.78, 5) is 12.3. The van der Waals surface area contributed by atoms with Gasteiger partial charge in [-0.05, 0) is 42.8 Å². The number of aromatic hydroxyl groups is 1. The zero-order valence-corrected chi connectivity index (χ0v) is 11.7. The predicted molar refractivity (Wildman–Crippen MR) is 78.8 cm³/mol. The number of Topliss-reactive ketones (excluding diaryl/α,β-unsaturated/α-hetero) is 1. The maximum atomic E-state index is 12.3. The van der Waals surface area contributed by atoms with E-state index in [0.717, 1.165) is 11.1 Å². The Kier molecular flexibility index (Phi) is 3.14. The maximum Gasteiger partial charge on any atom is 0.231 e. The molecule has 0 radical (unpaired) electrons. The highest BCUT2D eigenvalue weighted by Crippen LogP contribution is 2.33. The van der Waals surface area contributed by atoms with Crippen molar-refractivity contribution >= 4 is 11.9 Å². The van der Waals surface area contributed by atoms with E-state index in [-0.39, 0.29) is 17.3 Å². The van der Waals surface area contributed by atoms with Crippen LogP contribution in [0.1, 0.15) is 21.5 Å². The minimum Gasteiger partial charge on any atom is -0.504 e. The van der Waals surface area contributed by atoms with E-state index in [1.54, 1.807) is 24.3 Å². The number of carbonyl (C=O) groups excluding carboxylic acids is 1. The number of phenols is 1. The van der Waals surface area contributed by atoms with Gasteiger partial charge in [-0.15, -0.1) is 0 Å². The molecule has 0 aliphatic carbocycles. The summed E-state index contributed by atoms with van der Waals surface area (Å²) in [6.07, 6.45) is 1.64. The molecule has 1 N–H and O–H groups in total. The third-order valence-electron chi connectivity index (χ3n) is 3.32. The molecule has 4 heteroatoms. The summed E-state index contributed by atoms with van der Waals surface area (Å²) in [5.74, 6) is 1.10. The Hall–Kier alpha value is -2.75. The first-order valence-electron chi connectivity index (χ1n) is 6.50. The van der Waals surface area contributed by atoms with Crippen LogP contribution in [0.15, 0.2) is 42.2 Å². The van der Waals surface area contributed by atoms with Gasteiger partial charge in [0.25, 0.3) is 0 Å². The Labute approximate surface area is 122 Å². The van der Waals surface area contributed by atoms with E-state index < -0.39 is 0 Å². The second-order valence-corrected chi connectivity index (χ2v) is 4.87. The van der Waals surface area contributed by atoms with E-state index in [0.29, 0.717) is 17.1 Å². The molecule has 0 spiro atoms. The van der Waals surface area contributed by atoms with Gasteiger partial charge in [-0.3, -0.25) is 4.79 Å². The number of ketones is 1. The molecule has 0 amide bonds. The number of phenolic OH excluding ortho intramolecular Hbond substituents is 1. The number of hydrogen-bond acceptors (Lipinski definition) is 4. The molecule has 0 aromatic heterocycles. The van der Waals surface area contributed by atoms with E-state index in [2.05, 4.69) is 0 Å². The van der Waals surface area contributed by atoms with Crippen LogP contribution >= 0.6 is 0 Å². The van der Waals surface area contributed by atoms with Gasteiger partial charge in [-0.2, -0.15) is 0 Å². The lowest BCUT2D eigenvalue weighted by atomic mass is 10.1. The number of aryl methyl sites for hydroxylation is 1. The lowest BCUT2D eigenvalue weighted by molar-refractivity contribution is 0.101. The summed E-state index contributed by atoms with van der Waals surface area (Å²) < 4.78 is 10.6. The van der Waals surface area contributed by atoms with Gasteiger partial charge < -0.3 is 14.6 Å². The van der Waals surface area contributed by atoms with Crippen molar-refractivity contribution < 1.29 is 19.4 Å². The molecule has 0 fully saturated rings. The molecule has 2 aromatic carbocycles. The fourth-order valence-corrected chi connectivity index (χ4v) is 2.24. The largest absolute Gasteiger partial charge is 0.504 e. The van der Waals surface area contributed by atoms with Gasteiger partial charge in [-0.25, -0.2) is 0 Å². The second-order valence-electron chi connectivity index (χ2n) is 4.87. The van der Waals surface area contributed by atoms with Crippen molar-refractivity contribution in [2.24, 2.45) is 0 Å². The number of fused-ring (bicyclic) bond motifs is 1. The van der Waals surface area contributed by atoms with Crippen LogP contribution in [-0.4, -0.2) is 18.0 Å². The van der Waals surface area contributed by atoms with Crippen molar-refractivity contribution in [3.63, 3.8) is 0 Å². The molecular formula is C17H14O4. The van der Waals surface area contributed by atoms with Crippen LogP contribution in [0.2, 0.25) is 0 Å². The first-order chi connectivity index (χ1) is 10.1. The van der Waals surface area contributed by atoms with Crippen LogP contribution in [0.4, 0.5) is 0 Å². The highest BCUT2D eigenvalue weighted by molar-refractivity contribution is 6.14. The maximum absolute atomic E-state index is 12.3. The Morgan fingerprint density at radius 2 is 2.00 bits per heavy atom. The molecule has 3 rings (SSSR count). The minimum absolute atomic E-state index is 0.0530. The average Bonchev–Trinajstić information content (AvgIpc) is 2.77. The quantitative estimate of drug-likeness (QED) is 0.858. The second kappa shape index (κ2) is 4.98. The van der Waals surface area contributed by atoms with Crippen molar-refractivity contribution in [2.75, 3.05) is 7.11 Å². The number of methoxy groups -OCH3 is 1. The summed E-state index contributed by atoms with van der Waals surface area (Å²) in [6, 6.07) is 10.4. The first kappa shape index (κ1) is 13.2. The molecule has 0 atom stereocenters. The van der Waals surface area contributed by atoms with Gasteiger partial charge in [0.15, 0.2) is 17.3 Å². The van der Waals surface area contributed by atoms with Crippen LogP contribution in [0.3, 0.4) is 0 Å². The van der Waals surface area contributed by atoms with Crippen LogP contribution in [0, 0.1) is 6.92 Å². The molecule has 1 heterocycles. The van der Waals surface area contributed by atoms with E-state index in [4.69, 9.17) is 9.47 Å². The Morgan fingerprint density at radius 3 is 2.76 bits per heavy atom. The molecule has 0 bridgehead atoms. The monoisotopic (exact) mass is 282 g/mol. The Bertz CT molecular complexity index is 759. The lowest BCUT2D eigenvalue weighted by Crippen LogP contribution is -1.98. The highest BCUT2D eigenvalue weighted by atomic mass is 16.5. The van der Waals surface area contributed by atoms with Crippen molar-refractivity contribution in [2.45, 2.75) is 6.92 Å². The van der Waals surface area contributed by atoms with Crippen molar-refractivity contribution in [3.05, 3.63) is 58.8 Å². The standard InChI is InChI=1S/C17H14O4/c1-10-3-6-14-12(7-10)17(19)16(21-14)9-11-4-5-13(18)15(8-11)20-2/h3-9,18H,1-2H3/b16-9-. The van der Waals surface area contributed by atoms with Crippen molar-refractivity contribution in [1.82, 2.24) is 0 Å². The van der Waals surface area contributed by atoms with E-state index in [1.165, 1.54) is 13.2 Å². The van der Waals surface area contributed by atoms with Crippen LogP contribution in [-0.2, 0) is 0 Å². The zero-order chi connectivity index (χ0) is 15.0. The van der Waals surface area contributed by atoms with E-state index in [1.807, 2.05) is 19.1 Å². The molecule has 2 aromatic rings. The van der Waals surface area contributed by atoms with Gasteiger partial charge in [0.1, 0.15) is 5.75 Å².